The Hall–Kier alpha value is -0.900. The Morgan fingerprint density at radius 3 is 2.55 bits per heavy atom. The Bertz CT molecular complexity index is 466. The largest absolute Gasteiger partial charge is 0.391 e. The highest BCUT2D eigenvalue weighted by atomic mass is 16.3. The summed E-state index contributed by atoms with van der Waals surface area (Å²) in [6.07, 6.45) is 4.53. The second-order valence-corrected chi connectivity index (χ2v) is 6.50. The lowest BCUT2D eigenvalue weighted by Crippen LogP contribution is -2.49. The van der Waals surface area contributed by atoms with Crippen LogP contribution in [0.3, 0.4) is 0 Å². The number of benzene rings is 1. The number of likely N-dealkylation sites (tertiary alicyclic amines) is 1. The molecule has 110 valence electrons. The smallest absolute Gasteiger partial charge is 0.0921 e. The Morgan fingerprint density at radius 1 is 1.20 bits per heavy atom. The normalized spacial score (nSPS) is 30.6. The van der Waals surface area contributed by atoms with Gasteiger partial charge in [-0.05, 0) is 44.6 Å². The predicted molar refractivity (Wildman–Crippen MR) is 79.5 cm³/mol. The molecule has 3 heteroatoms. The molecule has 1 heterocycles. The SMILES string of the molecule is Cc1cccc(C2(O)CCN([C@H]3CCC[C@@H]3O)CC2)c1. The molecule has 3 nitrogen and oxygen atoms in total. The molecule has 0 spiro atoms. The van der Waals surface area contributed by atoms with Gasteiger partial charge in [0.1, 0.15) is 0 Å². The molecule has 0 bridgehead atoms. The van der Waals surface area contributed by atoms with Gasteiger partial charge in [-0.25, -0.2) is 0 Å². The lowest BCUT2D eigenvalue weighted by Gasteiger charge is -2.42. The molecule has 2 aliphatic rings. The molecule has 1 aromatic rings. The highest BCUT2D eigenvalue weighted by Gasteiger charge is 2.38. The second kappa shape index (κ2) is 5.47. The van der Waals surface area contributed by atoms with E-state index in [1.165, 1.54) is 5.56 Å². The maximum atomic E-state index is 10.9. The third-order valence-electron chi connectivity index (χ3n) is 5.09. The monoisotopic (exact) mass is 275 g/mol. The van der Waals surface area contributed by atoms with E-state index in [4.69, 9.17) is 0 Å². The average molecular weight is 275 g/mol. The Morgan fingerprint density at radius 2 is 1.95 bits per heavy atom. The molecule has 2 N–H and O–H groups in total. The van der Waals surface area contributed by atoms with Crippen molar-refractivity contribution >= 4 is 0 Å². The summed E-state index contributed by atoms with van der Waals surface area (Å²) >= 11 is 0. The third kappa shape index (κ3) is 2.62. The van der Waals surface area contributed by atoms with Crippen molar-refractivity contribution in [3.8, 4) is 0 Å². The van der Waals surface area contributed by atoms with E-state index in [1.54, 1.807) is 0 Å². The van der Waals surface area contributed by atoms with E-state index in [9.17, 15) is 10.2 Å². The first kappa shape index (κ1) is 14.1. The molecule has 3 rings (SSSR count). The standard InChI is InChI=1S/C17H25NO2/c1-13-4-2-5-14(12-13)17(20)8-10-18(11-9-17)15-6-3-7-16(15)19/h2,4-5,12,15-16,19-20H,3,6-11H2,1H3/t15-,16-/m0/s1. The van der Waals surface area contributed by atoms with Crippen LogP contribution in [-0.4, -0.2) is 40.3 Å². The van der Waals surface area contributed by atoms with Crippen molar-refractivity contribution < 1.29 is 10.2 Å². The zero-order valence-corrected chi connectivity index (χ0v) is 12.3. The number of nitrogens with zero attached hydrogens (tertiary/aromatic N) is 1. The van der Waals surface area contributed by atoms with Crippen LogP contribution in [0.4, 0.5) is 0 Å². The zero-order chi connectivity index (χ0) is 14.2. The molecule has 0 unspecified atom stereocenters. The van der Waals surface area contributed by atoms with Crippen molar-refractivity contribution in [2.45, 2.75) is 56.8 Å². The molecule has 1 aliphatic carbocycles. The van der Waals surface area contributed by atoms with Crippen molar-refractivity contribution in [2.24, 2.45) is 0 Å². The first-order valence-corrected chi connectivity index (χ1v) is 7.80. The van der Waals surface area contributed by atoms with Crippen molar-refractivity contribution in [2.75, 3.05) is 13.1 Å². The fourth-order valence-electron chi connectivity index (χ4n) is 3.80. The lowest BCUT2D eigenvalue weighted by molar-refractivity contribution is -0.0477. The summed E-state index contributed by atoms with van der Waals surface area (Å²) in [4.78, 5) is 2.38. The third-order valence-corrected chi connectivity index (χ3v) is 5.09. The van der Waals surface area contributed by atoms with Crippen LogP contribution < -0.4 is 0 Å². The summed E-state index contributed by atoms with van der Waals surface area (Å²) in [5.74, 6) is 0. The predicted octanol–water partition coefficient (Wildman–Crippen LogP) is 2.19. The van der Waals surface area contributed by atoms with Crippen molar-refractivity contribution in [3.63, 3.8) is 0 Å². The van der Waals surface area contributed by atoms with Crippen LogP contribution in [0.25, 0.3) is 0 Å². The Balaban J connectivity index is 1.68. The lowest BCUT2D eigenvalue weighted by atomic mass is 9.83. The van der Waals surface area contributed by atoms with E-state index in [-0.39, 0.29) is 6.10 Å². The highest BCUT2D eigenvalue weighted by molar-refractivity contribution is 5.28. The minimum absolute atomic E-state index is 0.167. The minimum atomic E-state index is -0.688. The van der Waals surface area contributed by atoms with Crippen LogP contribution in [0.1, 0.15) is 43.2 Å². The first-order chi connectivity index (χ1) is 9.58. The molecule has 1 aromatic carbocycles. The summed E-state index contributed by atoms with van der Waals surface area (Å²) in [6, 6.07) is 8.54. The minimum Gasteiger partial charge on any atom is -0.391 e. The van der Waals surface area contributed by atoms with Crippen LogP contribution in [0, 0.1) is 6.92 Å². The number of aliphatic hydroxyl groups is 2. The van der Waals surface area contributed by atoms with Gasteiger partial charge in [0.15, 0.2) is 0 Å². The fraction of sp³-hybridized carbons (Fsp3) is 0.647. The molecule has 1 saturated carbocycles. The second-order valence-electron chi connectivity index (χ2n) is 6.50. The summed E-state index contributed by atoms with van der Waals surface area (Å²) < 4.78 is 0. The molecule has 2 fully saturated rings. The summed E-state index contributed by atoms with van der Waals surface area (Å²) in [5, 5.41) is 20.9. The van der Waals surface area contributed by atoms with E-state index < -0.39 is 5.60 Å². The van der Waals surface area contributed by atoms with Crippen molar-refractivity contribution in [1.82, 2.24) is 4.90 Å². The van der Waals surface area contributed by atoms with Crippen LogP contribution >= 0.6 is 0 Å². The van der Waals surface area contributed by atoms with Gasteiger partial charge in [0.25, 0.3) is 0 Å². The quantitative estimate of drug-likeness (QED) is 0.869. The Kier molecular flexibility index (Phi) is 3.85. The fourth-order valence-corrected chi connectivity index (χ4v) is 3.80. The zero-order valence-electron chi connectivity index (χ0n) is 12.3. The number of hydrogen-bond donors (Lipinski definition) is 2. The van der Waals surface area contributed by atoms with Gasteiger partial charge in [0.2, 0.25) is 0 Å². The van der Waals surface area contributed by atoms with Crippen LogP contribution in [-0.2, 0) is 5.60 Å². The highest BCUT2D eigenvalue weighted by Crippen LogP contribution is 2.36. The topological polar surface area (TPSA) is 43.7 Å². The van der Waals surface area contributed by atoms with Gasteiger partial charge >= 0.3 is 0 Å². The van der Waals surface area contributed by atoms with E-state index in [0.29, 0.717) is 6.04 Å². The molecule has 1 saturated heterocycles. The van der Waals surface area contributed by atoms with E-state index in [1.807, 2.05) is 12.1 Å². The van der Waals surface area contributed by atoms with Crippen LogP contribution in [0.5, 0.6) is 0 Å². The number of piperidine rings is 1. The van der Waals surface area contributed by atoms with Crippen molar-refractivity contribution in [1.29, 1.82) is 0 Å². The number of rotatable bonds is 2. The summed E-state index contributed by atoms with van der Waals surface area (Å²) in [6.45, 7) is 3.83. The van der Waals surface area contributed by atoms with Gasteiger partial charge in [0.05, 0.1) is 11.7 Å². The van der Waals surface area contributed by atoms with Gasteiger partial charge in [0, 0.05) is 19.1 Å². The first-order valence-electron chi connectivity index (χ1n) is 7.80. The molecule has 1 aliphatic heterocycles. The maximum Gasteiger partial charge on any atom is 0.0921 e. The van der Waals surface area contributed by atoms with Crippen LogP contribution in [0.2, 0.25) is 0 Å². The van der Waals surface area contributed by atoms with Gasteiger partial charge in [-0.2, -0.15) is 0 Å². The number of aryl methyl sites for hydroxylation is 1. The van der Waals surface area contributed by atoms with E-state index >= 15 is 0 Å². The number of hydrogen-bond acceptors (Lipinski definition) is 3. The van der Waals surface area contributed by atoms with Gasteiger partial charge in [-0.3, -0.25) is 4.90 Å². The number of aliphatic hydroxyl groups excluding tert-OH is 1. The molecule has 2 atom stereocenters. The van der Waals surface area contributed by atoms with E-state index in [2.05, 4.69) is 24.0 Å². The molecule has 0 amide bonds. The summed E-state index contributed by atoms with van der Waals surface area (Å²) in [7, 11) is 0. The molecule has 0 aromatic heterocycles. The molecule has 20 heavy (non-hydrogen) atoms. The molecular weight excluding hydrogens is 250 g/mol. The van der Waals surface area contributed by atoms with Gasteiger partial charge in [-0.1, -0.05) is 29.8 Å². The van der Waals surface area contributed by atoms with Gasteiger partial charge < -0.3 is 10.2 Å². The maximum absolute atomic E-state index is 10.9. The average Bonchev–Trinajstić information content (AvgIpc) is 2.86. The summed E-state index contributed by atoms with van der Waals surface area (Å²) in [5.41, 5.74) is 1.56. The molecule has 0 radical (unpaired) electrons. The van der Waals surface area contributed by atoms with Gasteiger partial charge in [-0.15, -0.1) is 0 Å². The van der Waals surface area contributed by atoms with E-state index in [0.717, 1.165) is 50.8 Å². The van der Waals surface area contributed by atoms with Crippen molar-refractivity contribution in [3.05, 3.63) is 35.4 Å². The van der Waals surface area contributed by atoms with Crippen LogP contribution in [0.15, 0.2) is 24.3 Å². The Labute approximate surface area is 121 Å². The molecular formula is C17H25NO2.